The third kappa shape index (κ3) is 5.38. The first-order valence-corrected chi connectivity index (χ1v) is 17.2. The van der Waals surface area contributed by atoms with Crippen molar-refractivity contribution in [2.24, 2.45) is 0 Å². The van der Waals surface area contributed by atoms with Gasteiger partial charge in [-0.3, -0.25) is 0 Å². The topological polar surface area (TPSA) is 0 Å². The number of hydrogen-bond acceptors (Lipinski definition) is 0. The van der Waals surface area contributed by atoms with E-state index in [2.05, 4.69) is 52.1 Å². The van der Waals surface area contributed by atoms with Crippen LogP contribution in [0.25, 0.3) is 0 Å². The van der Waals surface area contributed by atoms with Crippen LogP contribution in [-0.4, -0.2) is 18.4 Å². The summed E-state index contributed by atoms with van der Waals surface area (Å²) in [5, 5.41) is 0. The zero-order valence-electron chi connectivity index (χ0n) is 11.3. The molecule has 90 valence electrons. The van der Waals surface area contributed by atoms with Crippen molar-refractivity contribution in [3.63, 3.8) is 0 Å². The van der Waals surface area contributed by atoms with Gasteiger partial charge < -0.3 is 0 Å². The summed E-state index contributed by atoms with van der Waals surface area (Å²) in [5.41, 5.74) is 1.56. The Hall–Kier alpha value is 0.0187. The van der Waals surface area contributed by atoms with Gasteiger partial charge in [-0.05, 0) is 0 Å². The van der Waals surface area contributed by atoms with Crippen LogP contribution in [0.15, 0.2) is 30.3 Å². The van der Waals surface area contributed by atoms with Crippen molar-refractivity contribution < 1.29 is 0 Å². The van der Waals surface area contributed by atoms with E-state index < -0.39 is 18.4 Å². The van der Waals surface area contributed by atoms with E-state index in [0.717, 1.165) is 5.92 Å². The van der Waals surface area contributed by atoms with Gasteiger partial charge in [0.1, 0.15) is 0 Å². The fraction of sp³-hybridized carbons (Fsp3) is 0.600. The van der Waals surface area contributed by atoms with Crippen molar-refractivity contribution in [1.82, 2.24) is 0 Å². The van der Waals surface area contributed by atoms with Gasteiger partial charge in [-0.15, -0.1) is 0 Å². The molecule has 1 rings (SSSR count). The molecule has 0 fully saturated rings. The van der Waals surface area contributed by atoms with Gasteiger partial charge in [0.25, 0.3) is 0 Å². The van der Waals surface area contributed by atoms with Crippen LogP contribution >= 0.6 is 0 Å². The first-order valence-electron chi connectivity index (χ1n) is 6.58. The average Bonchev–Trinajstić information content (AvgIpc) is 2.24. The summed E-state index contributed by atoms with van der Waals surface area (Å²) >= 11 is -1.57. The molecule has 0 radical (unpaired) electrons. The maximum atomic E-state index is 2.54. The van der Waals surface area contributed by atoms with Gasteiger partial charge >= 0.3 is 106 Å². The molecule has 1 unspecified atom stereocenters. The molecule has 0 bridgehead atoms. The monoisotopic (exact) mass is 326 g/mol. The predicted molar refractivity (Wildman–Crippen MR) is 76.9 cm³/mol. The van der Waals surface area contributed by atoms with Crippen molar-refractivity contribution in [2.45, 2.75) is 51.4 Å². The van der Waals surface area contributed by atoms with Crippen molar-refractivity contribution in [1.29, 1.82) is 0 Å². The number of hydrogen-bond donors (Lipinski definition) is 0. The number of rotatable bonds is 6. The molecule has 0 aliphatic carbocycles. The molecule has 0 saturated heterocycles. The molecule has 16 heavy (non-hydrogen) atoms. The van der Waals surface area contributed by atoms with Crippen LogP contribution < -0.4 is 0 Å². The van der Waals surface area contributed by atoms with Gasteiger partial charge in [0, 0.05) is 0 Å². The third-order valence-corrected chi connectivity index (χ3v) is 8.26. The Kier molecular flexibility index (Phi) is 5.88. The first-order chi connectivity index (χ1) is 7.53. The van der Waals surface area contributed by atoms with E-state index in [9.17, 15) is 0 Å². The fourth-order valence-electron chi connectivity index (χ4n) is 2.16. The van der Waals surface area contributed by atoms with Gasteiger partial charge in [-0.1, -0.05) is 0 Å². The fourth-order valence-corrected chi connectivity index (χ4v) is 5.62. The maximum absolute atomic E-state index is 2.54. The molecule has 0 nitrogen and oxygen atoms in total. The van der Waals surface area contributed by atoms with Crippen LogP contribution in [0, 0.1) is 0 Å². The molecular weight excluding hydrogens is 299 g/mol. The molecule has 1 aromatic rings. The van der Waals surface area contributed by atoms with Gasteiger partial charge in [0.2, 0.25) is 0 Å². The molecule has 0 amide bonds. The van der Waals surface area contributed by atoms with E-state index in [-0.39, 0.29) is 0 Å². The second kappa shape index (κ2) is 6.68. The Balaban J connectivity index is 2.61. The quantitative estimate of drug-likeness (QED) is 0.623. The Morgan fingerprint density at radius 1 is 1.00 bits per heavy atom. The van der Waals surface area contributed by atoms with Crippen molar-refractivity contribution >= 4 is 18.4 Å². The molecular formula is C15H26Sn. The Morgan fingerprint density at radius 3 is 2.12 bits per heavy atom. The zero-order valence-corrected chi connectivity index (χ0v) is 14.1. The number of benzene rings is 1. The van der Waals surface area contributed by atoms with E-state index in [0.29, 0.717) is 0 Å². The Morgan fingerprint density at radius 2 is 1.62 bits per heavy atom. The molecule has 0 spiro atoms. The van der Waals surface area contributed by atoms with E-state index in [4.69, 9.17) is 0 Å². The Labute approximate surface area is 105 Å². The van der Waals surface area contributed by atoms with Gasteiger partial charge in [-0.2, -0.15) is 0 Å². The van der Waals surface area contributed by atoms with E-state index in [1.165, 1.54) is 23.7 Å². The molecule has 0 aliphatic rings. The molecule has 1 aromatic carbocycles. The first kappa shape index (κ1) is 14.1. The minimum absolute atomic E-state index is 0.808. The average molecular weight is 325 g/mol. The standard InChI is InChI=1S/C12H17.3CH3.Sn/c1-3-8-11(4-2)12-9-6-5-7-10-12;;;;/h5-7,9-11H,2-4,8H2,1H3;3*1H3;. The summed E-state index contributed by atoms with van der Waals surface area (Å²) in [6.07, 6.45) is 4.07. The van der Waals surface area contributed by atoms with Gasteiger partial charge in [0.05, 0.1) is 0 Å². The van der Waals surface area contributed by atoms with Crippen LogP contribution in [0.2, 0.25) is 19.3 Å². The van der Waals surface area contributed by atoms with Crippen LogP contribution in [0.1, 0.15) is 37.7 Å². The van der Waals surface area contributed by atoms with Crippen molar-refractivity contribution in [3.8, 4) is 0 Å². The molecule has 0 aromatic heterocycles. The van der Waals surface area contributed by atoms with Crippen molar-refractivity contribution in [3.05, 3.63) is 35.9 Å². The van der Waals surface area contributed by atoms with E-state index in [1.54, 1.807) is 5.56 Å². The second-order valence-corrected chi connectivity index (χ2v) is 22.0. The molecule has 0 saturated carbocycles. The normalized spacial score (nSPS) is 13.8. The summed E-state index contributed by atoms with van der Waals surface area (Å²) in [6, 6.07) is 11.1. The predicted octanol–water partition coefficient (Wildman–Crippen LogP) is 5.30. The zero-order chi connectivity index (χ0) is 12.0. The summed E-state index contributed by atoms with van der Waals surface area (Å²) in [7, 11) is 0. The van der Waals surface area contributed by atoms with Crippen LogP contribution in [0.4, 0.5) is 0 Å². The Bertz CT molecular complexity index is 284. The van der Waals surface area contributed by atoms with E-state index >= 15 is 0 Å². The SMILES string of the molecule is CCCC(C[CH2][Sn]([CH3])([CH3])[CH3])c1ccccc1. The summed E-state index contributed by atoms with van der Waals surface area (Å²) in [6.45, 7) is 2.30. The van der Waals surface area contributed by atoms with Crippen LogP contribution in [-0.2, 0) is 0 Å². The molecule has 1 heteroatoms. The molecule has 0 N–H and O–H groups in total. The summed E-state index contributed by atoms with van der Waals surface area (Å²) in [5.74, 6) is 0.808. The second-order valence-electron chi connectivity index (χ2n) is 6.00. The molecule has 0 heterocycles. The van der Waals surface area contributed by atoms with Crippen molar-refractivity contribution in [2.75, 3.05) is 0 Å². The van der Waals surface area contributed by atoms with Crippen LogP contribution in [0.3, 0.4) is 0 Å². The molecule has 0 aliphatic heterocycles. The minimum atomic E-state index is -1.57. The van der Waals surface area contributed by atoms with Gasteiger partial charge in [-0.25, -0.2) is 0 Å². The third-order valence-electron chi connectivity index (χ3n) is 3.15. The summed E-state index contributed by atoms with van der Waals surface area (Å²) < 4.78 is 1.52. The van der Waals surface area contributed by atoms with E-state index in [1.807, 2.05) is 0 Å². The van der Waals surface area contributed by atoms with Crippen LogP contribution in [0.5, 0.6) is 0 Å². The summed E-state index contributed by atoms with van der Waals surface area (Å²) in [4.78, 5) is 7.63. The van der Waals surface area contributed by atoms with Gasteiger partial charge in [0.15, 0.2) is 0 Å². The molecule has 1 atom stereocenters.